The molecule has 0 N–H and O–H groups in total. The predicted molar refractivity (Wildman–Crippen MR) is 78.2 cm³/mol. The van der Waals surface area contributed by atoms with Crippen LogP contribution < -0.4 is 0 Å². The standard InChI is InChI=1S/C16H21N3O3/c1-10-3-4-13(20-10)8-19-7-12-5-14(22-15(12)9-19)6-16-18-17-11(2)21-16/h3-4,12,14-15H,5-9H2,1-2H3/t12-,14+,15+/m1/s1. The molecular formula is C16H21N3O3. The molecule has 0 amide bonds. The van der Waals surface area contributed by atoms with Gasteiger partial charge in [-0.2, -0.15) is 0 Å². The van der Waals surface area contributed by atoms with Gasteiger partial charge >= 0.3 is 0 Å². The van der Waals surface area contributed by atoms with Gasteiger partial charge in [0.1, 0.15) is 11.5 Å². The maximum Gasteiger partial charge on any atom is 0.219 e. The smallest absolute Gasteiger partial charge is 0.219 e. The van der Waals surface area contributed by atoms with E-state index < -0.39 is 0 Å². The van der Waals surface area contributed by atoms with Crippen molar-refractivity contribution in [3.8, 4) is 0 Å². The molecular weight excluding hydrogens is 282 g/mol. The fourth-order valence-electron chi connectivity index (χ4n) is 3.61. The molecule has 0 bridgehead atoms. The molecule has 2 aromatic rings. The van der Waals surface area contributed by atoms with Crippen LogP contribution >= 0.6 is 0 Å². The molecule has 4 rings (SSSR count). The fraction of sp³-hybridized carbons (Fsp3) is 0.625. The first kappa shape index (κ1) is 14.0. The summed E-state index contributed by atoms with van der Waals surface area (Å²) >= 11 is 0. The van der Waals surface area contributed by atoms with Crippen LogP contribution in [0.3, 0.4) is 0 Å². The summed E-state index contributed by atoms with van der Waals surface area (Å²) in [5.74, 6) is 3.92. The van der Waals surface area contributed by atoms with Gasteiger partial charge < -0.3 is 13.6 Å². The summed E-state index contributed by atoms with van der Waals surface area (Å²) in [7, 11) is 0. The van der Waals surface area contributed by atoms with Crippen molar-refractivity contribution >= 4 is 0 Å². The number of rotatable bonds is 4. The normalized spacial score (nSPS) is 28.4. The van der Waals surface area contributed by atoms with E-state index in [1.54, 1.807) is 0 Å². The maximum absolute atomic E-state index is 6.17. The van der Waals surface area contributed by atoms with Gasteiger partial charge in [0, 0.05) is 25.9 Å². The van der Waals surface area contributed by atoms with Crippen LogP contribution in [0.2, 0.25) is 0 Å². The van der Waals surface area contributed by atoms with E-state index in [0.717, 1.165) is 44.0 Å². The van der Waals surface area contributed by atoms with Crippen LogP contribution in [0.4, 0.5) is 0 Å². The molecule has 0 aliphatic carbocycles. The van der Waals surface area contributed by atoms with E-state index in [2.05, 4.69) is 21.2 Å². The number of aryl methyl sites for hydroxylation is 2. The van der Waals surface area contributed by atoms with Crippen molar-refractivity contribution in [3.63, 3.8) is 0 Å². The minimum atomic E-state index is 0.211. The van der Waals surface area contributed by atoms with E-state index in [0.29, 0.717) is 23.8 Å². The molecule has 6 nitrogen and oxygen atoms in total. The Bertz CT molecular complexity index is 582. The Hall–Kier alpha value is -1.66. The molecule has 4 heterocycles. The highest BCUT2D eigenvalue weighted by molar-refractivity contribution is 5.06. The van der Waals surface area contributed by atoms with Crippen LogP contribution in [0.5, 0.6) is 0 Å². The molecule has 2 aliphatic heterocycles. The number of likely N-dealkylation sites (tertiary alicyclic amines) is 1. The first-order chi connectivity index (χ1) is 10.7. The molecule has 3 atom stereocenters. The zero-order chi connectivity index (χ0) is 15.1. The Balaban J connectivity index is 1.30. The number of ether oxygens (including phenoxy) is 1. The zero-order valence-corrected chi connectivity index (χ0v) is 13.0. The molecule has 2 aromatic heterocycles. The quantitative estimate of drug-likeness (QED) is 0.862. The van der Waals surface area contributed by atoms with E-state index in [4.69, 9.17) is 13.6 Å². The number of fused-ring (bicyclic) bond motifs is 1. The summed E-state index contributed by atoms with van der Waals surface area (Å²) in [6.45, 7) is 6.72. The van der Waals surface area contributed by atoms with Crippen molar-refractivity contribution in [3.05, 3.63) is 35.4 Å². The van der Waals surface area contributed by atoms with Gasteiger partial charge in [-0.3, -0.25) is 4.90 Å². The summed E-state index contributed by atoms with van der Waals surface area (Å²) in [6, 6.07) is 4.08. The Morgan fingerprint density at radius 3 is 2.77 bits per heavy atom. The van der Waals surface area contributed by atoms with Crippen molar-refractivity contribution in [2.24, 2.45) is 5.92 Å². The number of hydrogen-bond acceptors (Lipinski definition) is 6. The molecule has 0 radical (unpaired) electrons. The van der Waals surface area contributed by atoms with Gasteiger partial charge in [0.05, 0.1) is 25.2 Å². The van der Waals surface area contributed by atoms with Gasteiger partial charge in [0.15, 0.2) is 0 Å². The highest BCUT2D eigenvalue weighted by Gasteiger charge is 2.42. The van der Waals surface area contributed by atoms with Crippen LogP contribution in [-0.2, 0) is 17.7 Å². The van der Waals surface area contributed by atoms with Crippen LogP contribution in [0.25, 0.3) is 0 Å². The number of furan rings is 1. The molecule has 22 heavy (non-hydrogen) atoms. The van der Waals surface area contributed by atoms with E-state index in [1.807, 2.05) is 19.9 Å². The highest BCUT2D eigenvalue weighted by Crippen LogP contribution is 2.34. The van der Waals surface area contributed by atoms with Gasteiger partial charge in [-0.05, 0) is 25.5 Å². The molecule has 0 unspecified atom stereocenters. The molecule has 0 saturated carbocycles. The summed E-state index contributed by atoms with van der Waals surface area (Å²) in [4.78, 5) is 2.42. The molecule has 2 aliphatic rings. The third-order valence-corrected chi connectivity index (χ3v) is 4.54. The highest BCUT2D eigenvalue weighted by atomic mass is 16.5. The van der Waals surface area contributed by atoms with E-state index in [1.165, 1.54) is 0 Å². The zero-order valence-electron chi connectivity index (χ0n) is 13.0. The average molecular weight is 303 g/mol. The second kappa shape index (κ2) is 5.52. The second-order valence-electron chi connectivity index (χ2n) is 6.42. The minimum absolute atomic E-state index is 0.211. The Morgan fingerprint density at radius 2 is 2.09 bits per heavy atom. The van der Waals surface area contributed by atoms with Crippen LogP contribution in [0.15, 0.2) is 21.0 Å². The van der Waals surface area contributed by atoms with Crippen LogP contribution in [-0.4, -0.2) is 40.4 Å². The van der Waals surface area contributed by atoms with Crippen molar-refractivity contribution in [1.29, 1.82) is 0 Å². The fourth-order valence-corrected chi connectivity index (χ4v) is 3.61. The first-order valence-electron chi connectivity index (χ1n) is 7.88. The summed E-state index contributed by atoms with van der Waals surface area (Å²) in [5.41, 5.74) is 0. The lowest BCUT2D eigenvalue weighted by atomic mass is 10.0. The lowest BCUT2D eigenvalue weighted by Crippen LogP contribution is -2.25. The maximum atomic E-state index is 6.17. The van der Waals surface area contributed by atoms with Gasteiger partial charge in [0.25, 0.3) is 0 Å². The first-order valence-corrected chi connectivity index (χ1v) is 7.88. The average Bonchev–Trinajstić information content (AvgIpc) is 3.18. The van der Waals surface area contributed by atoms with Crippen LogP contribution in [0.1, 0.15) is 29.7 Å². The Morgan fingerprint density at radius 1 is 1.18 bits per heavy atom. The van der Waals surface area contributed by atoms with E-state index >= 15 is 0 Å². The van der Waals surface area contributed by atoms with Gasteiger partial charge in [-0.25, -0.2) is 0 Å². The van der Waals surface area contributed by atoms with Crippen LogP contribution in [0, 0.1) is 19.8 Å². The lowest BCUT2D eigenvalue weighted by molar-refractivity contribution is 0.0344. The molecule has 2 fully saturated rings. The minimum Gasteiger partial charge on any atom is -0.465 e. The van der Waals surface area contributed by atoms with Gasteiger partial charge in [-0.15, -0.1) is 10.2 Å². The number of hydrogen-bond donors (Lipinski definition) is 0. The molecule has 0 spiro atoms. The third-order valence-electron chi connectivity index (χ3n) is 4.54. The second-order valence-corrected chi connectivity index (χ2v) is 6.42. The van der Waals surface area contributed by atoms with Crippen molar-refractivity contribution < 1.29 is 13.6 Å². The molecule has 6 heteroatoms. The number of aromatic nitrogens is 2. The summed E-state index contributed by atoms with van der Waals surface area (Å²) in [5, 5.41) is 7.93. The van der Waals surface area contributed by atoms with Crippen molar-refractivity contribution in [2.45, 2.75) is 45.4 Å². The van der Waals surface area contributed by atoms with E-state index in [-0.39, 0.29) is 6.10 Å². The predicted octanol–water partition coefficient (Wildman–Crippen LogP) is 2.11. The molecule has 0 aromatic carbocycles. The summed E-state index contributed by atoms with van der Waals surface area (Å²) in [6.07, 6.45) is 2.33. The summed E-state index contributed by atoms with van der Waals surface area (Å²) < 4.78 is 17.3. The molecule has 118 valence electrons. The largest absolute Gasteiger partial charge is 0.465 e. The van der Waals surface area contributed by atoms with Gasteiger partial charge in [-0.1, -0.05) is 0 Å². The van der Waals surface area contributed by atoms with E-state index in [9.17, 15) is 0 Å². The monoisotopic (exact) mass is 303 g/mol. The Kier molecular flexibility index (Phi) is 3.50. The Labute approximate surface area is 129 Å². The SMILES string of the molecule is Cc1ccc(CN2C[C@H]3C[C@@H](Cc4nnc(C)o4)O[C@H]3C2)o1. The lowest BCUT2D eigenvalue weighted by Gasteiger charge is -2.17. The van der Waals surface area contributed by atoms with Crippen molar-refractivity contribution in [2.75, 3.05) is 13.1 Å². The number of nitrogens with zero attached hydrogens (tertiary/aromatic N) is 3. The van der Waals surface area contributed by atoms with Crippen molar-refractivity contribution in [1.82, 2.24) is 15.1 Å². The third kappa shape index (κ3) is 2.80. The molecule has 2 saturated heterocycles. The topological polar surface area (TPSA) is 64.5 Å². The van der Waals surface area contributed by atoms with Gasteiger partial charge in [0.2, 0.25) is 11.8 Å².